The third-order valence-corrected chi connectivity index (χ3v) is 7.70. The van der Waals surface area contributed by atoms with Crippen molar-refractivity contribution in [3.8, 4) is 0 Å². The lowest BCUT2D eigenvalue weighted by Crippen LogP contribution is -2.55. The number of hydrogen-bond acceptors (Lipinski definition) is 4. The zero-order valence-electron chi connectivity index (χ0n) is 21.7. The van der Waals surface area contributed by atoms with Gasteiger partial charge in [-0.1, -0.05) is 66.7 Å². The van der Waals surface area contributed by atoms with Crippen molar-refractivity contribution in [1.29, 1.82) is 0 Å². The van der Waals surface area contributed by atoms with Crippen molar-refractivity contribution in [3.05, 3.63) is 95.6 Å². The Balaban J connectivity index is 1.17. The smallest absolute Gasteiger partial charge is 0.322 e. The van der Waals surface area contributed by atoms with E-state index in [1.165, 1.54) is 0 Å². The van der Waals surface area contributed by atoms with Crippen LogP contribution in [0, 0.1) is 0 Å². The summed E-state index contributed by atoms with van der Waals surface area (Å²) in [5, 5.41) is 5.85. The zero-order valence-corrected chi connectivity index (χ0v) is 21.7. The van der Waals surface area contributed by atoms with Gasteiger partial charge in [-0.3, -0.25) is 4.79 Å². The molecule has 0 aliphatic carbocycles. The maximum atomic E-state index is 13.4. The molecular weight excluding hydrogens is 492 g/mol. The molecule has 0 aromatic heterocycles. The number of nitrogens with one attached hydrogen (secondary N) is 2. The lowest BCUT2D eigenvalue weighted by molar-refractivity contribution is -0.119. The van der Waals surface area contributed by atoms with Gasteiger partial charge in [-0.15, -0.1) is 0 Å². The molecule has 9 heteroatoms. The van der Waals surface area contributed by atoms with E-state index in [1.807, 2.05) is 83.8 Å². The summed E-state index contributed by atoms with van der Waals surface area (Å²) in [6.07, 6.45) is 0.254. The normalized spacial score (nSPS) is 19.5. The molecule has 0 bridgehead atoms. The number of benzene rings is 3. The van der Waals surface area contributed by atoms with Crippen LogP contribution in [0.3, 0.4) is 0 Å². The Labute approximate surface area is 227 Å². The topological polar surface area (TPSA) is 97.4 Å². The van der Waals surface area contributed by atoms with Gasteiger partial charge in [0.25, 0.3) is 5.91 Å². The Bertz CT molecular complexity index is 1450. The summed E-state index contributed by atoms with van der Waals surface area (Å²) in [5.41, 5.74) is 5.04. The first-order valence-electron chi connectivity index (χ1n) is 13.2. The molecule has 1 atom stereocenters. The number of likely N-dealkylation sites (tertiary alicyclic amines) is 1. The Morgan fingerprint density at radius 2 is 1.62 bits per heavy atom. The van der Waals surface area contributed by atoms with Crippen molar-refractivity contribution < 1.29 is 14.4 Å². The lowest BCUT2D eigenvalue weighted by Gasteiger charge is -2.40. The summed E-state index contributed by atoms with van der Waals surface area (Å²) in [6, 6.07) is 24.7. The molecule has 9 nitrogen and oxygen atoms in total. The number of likely N-dealkylation sites (N-methyl/N-ethyl adjacent to an activating group) is 1. The second-order valence-electron chi connectivity index (χ2n) is 10.0. The average molecular weight is 523 g/mol. The average Bonchev–Trinajstić information content (AvgIpc) is 3.08. The second kappa shape index (κ2) is 10.2. The number of benzodiazepines with no additional fused rings is 1. The fourth-order valence-corrected chi connectivity index (χ4v) is 5.55. The van der Waals surface area contributed by atoms with E-state index in [1.54, 1.807) is 16.8 Å². The molecule has 3 aromatic rings. The lowest BCUT2D eigenvalue weighted by atomic mass is 10.0. The van der Waals surface area contributed by atoms with Crippen LogP contribution in [0.25, 0.3) is 0 Å². The molecule has 0 radical (unpaired) electrons. The number of carbonyl (C=O) groups excluding carboxylic acids is 3. The highest BCUT2D eigenvalue weighted by Crippen LogP contribution is 2.29. The van der Waals surface area contributed by atoms with Crippen LogP contribution in [-0.4, -0.2) is 65.8 Å². The molecule has 198 valence electrons. The molecule has 3 aromatic carbocycles. The first-order chi connectivity index (χ1) is 19.0. The van der Waals surface area contributed by atoms with Crippen molar-refractivity contribution >= 4 is 35.1 Å². The van der Waals surface area contributed by atoms with Crippen molar-refractivity contribution in [1.82, 2.24) is 15.1 Å². The van der Waals surface area contributed by atoms with Crippen LogP contribution in [0.1, 0.15) is 29.5 Å². The van der Waals surface area contributed by atoms with E-state index in [0.717, 1.165) is 28.1 Å². The van der Waals surface area contributed by atoms with Gasteiger partial charge >= 0.3 is 12.1 Å². The number of rotatable bonds is 3. The summed E-state index contributed by atoms with van der Waals surface area (Å²) < 4.78 is 0. The SMILES string of the molecule is CN1C(=O)[C@@H](NC(=O)N2CCC(N3Cc4ccccc4NC3=O)CC2)N=C(c2ccccc2)c2ccccc21. The summed E-state index contributed by atoms with van der Waals surface area (Å²) in [6.45, 7) is 1.52. The van der Waals surface area contributed by atoms with Crippen LogP contribution < -0.4 is 15.5 Å². The van der Waals surface area contributed by atoms with Crippen molar-refractivity contribution in [2.24, 2.45) is 4.99 Å². The quantitative estimate of drug-likeness (QED) is 0.543. The monoisotopic (exact) mass is 522 g/mol. The maximum Gasteiger partial charge on any atom is 0.322 e. The van der Waals surface area contributed by atoms with Gasteiger partial charge in [0.15, 0.2) is 0 Å². The maximum absolute atomic E-state index is 13.4. The third kappa shape index (κ3) is 4.71. The fourth-order valence-electron chi connectivity index (χ4n) is 5.55. The molecule has 3 aliphatic heterocycles. The van der Waals surface area contributed by atoms with Crippen LogP contribution in [0.5, 0.6) is 0 Å². The summed E-state index contributed by atoms with van der Waals surface area (Å²) in [7, 11) is 1.71. The van der Waals surface area contributed by atoms with E-state index in [2.05, 4.69) is 10.6 Å². The molecular formula is C30H30N6O3. The first kappa shape index (κ1) is 24.7. The van der Waals surface area contributed by atoms with Gasteiger partial charge < -0.3 is 25.3 Å². The Morgan fingerprint density at radius 1 is 0.923 bits per heavy atom. The number of hydrogen-bond donors (Lipinski definition) is 2. The Kier molecular flexibility index (Phi) is 6.48. The first-order valence-corrected chi connectivity index (χ1v) is 13.2. The van der Waals surface area contributed by atoms with Gasteiger partial charge in [0, 0.05) is 49.5 Å². The number of aliphatic imine (C=N–C) groups is 1. The van der Waals surface area contributed by atoms with E-state index in [9.17, 15) is 14.4 Å². The van der Waals surface area contributed by atoms with Gasteiger partial charge in [0.2, 0.25) is 6.17 Å². The van der Waals surface area contributed by atoms with Crippen molar-refractivity contribution in [2.75, 3.05) is 30.4 Å². The predicted molar refractivity (Wildman–Crippen MR) is 150 cm³/mol. The van der Waals surface area contributed by atoms with Crippen molar-refractivity contribution in [2.45, 2.75) is 31.6 Å². The zero-order chi connectivity index (χ0) is 26.9. The fraction of sp³-hybridized carbons (Fsp3) is 0.267. The van der Waals surface area contributed by atoms with E-state index in [-0.39, 0.29) is 24.0 Å². The molecule has 1 saturated heterocycles. The van der Waals surface area contributed by atoms with Gasteiger partial charge in [-0.05, 0) is 30.5 Å². The highest BCUT2D eigenvalue weighted by Gasteiger charge is 2.35. The third-order valence-electron chi connectivity index (χ3n) is 7.70. The van der Waals surface area contributed by atoms with Gasteiger partial charge in [0.1, 0.15) is 0 Å². The van der Waals surface area contributed by atoms with Crippen LogP contribution in [0.2, 0.25) is 0 Å². The number of amides is 5. The largest absolute Gasteiger partial charge is 0.325 e. The van der Waals surface area contributed by atoms with E-state index < -0.39 is 6.17 Å². The van der Waals surface area contributed by atoms with E-state index in [0.29, 0.717) is 38.2 Å². The molecule has 0 saturated carbocycles. The Hall–Kier alpha value is -4.66. The molecule has 2 N–H and O–H groups in total. The highest BCUT2D eigenvalue weighted by atomic mass is 16.2. The predicted octanol–water partition coefficient (Wildman–Crippen LogP) is 4.05. The minimum Gasteiger partial charge on any atom is -0.325 e. The molecule has 6 rings (SSSR count). The van der Waals surface area contributed by atoms with Crippen LogP contribution in [-0.2, 0) is 11.3 Å². The minimum atomic E-state index is -1.06. The number of carbonyl (C=O) groups is 3. The standard InChI is InChI=1S/C30H30N6O3/c1-34-25-14-8-6-12-23(25)26(20-9-3-2-4-10-20)32-27(28(34)37)33-29(38)35-17-15-22(16-18-35)36-19-21-11-5-7-13-24(21)31-30(36)39/h2-14,22,27H,15-19H2,1H3,(H,31,39)(H,33,38)/t27-/m1/s1. The molecule has 3 aliphatic rings. The molecule has 1 fully saturated rings. The number of urea groups is 2. The molecule has 0 spiro atoms. The van der Waals surface area contributed by atoms with Crippen molar-refractivity contribution in [3.63, 3.8) is 0 Å². The minimum absolute atomic E-state index is 0.0326. The second-order valence-corrected chi connectivity index (χ2v) is 10.0. The van der Waals surface area contributed by atoms with Gasteiger partial charge in [0.05, 0.1) is 11.4 Å². The Morgan fingerprint density at radius 3 is 2.41 bits per heavy atom. The van der Waals surface area contributed by atoms with Crippen LogP contribution in [0.4, 0.5) is 21.0 Å². The number of para-hydroxylation sites is 2. The number of fused-ring (bicyclic) bond motifs is 2. The molecule has 5 amide bonds. The summed E-state index contributed by atoms with van der Waals surface area (Å²) in [4.78, 5) is 49.4. The molecule has 39 heavy (non-hydrogen) atoms. The number of anilines is 2. The van der Waals surface area contributed by atoms with Gasteiger partial charge in [-0.25, -0.2) is 14.6 Å². The summed E-state index contributed by atoms with van der Waals surface area (Å²) in [5.74, 6) is -0.305. The summed E-state index contributed by atoms with van der Waals surface area (Å²) >= 11 is 0. The van der Waals surface area contributed by atoms with E-state index in [4.69, 9.17) is 4.99 Å². The van der Waals surface area contributed by atoms with Crippen LogP contribution >= 0.6 is 0 Å². The van der Waals surface area contributed by atoms with Gasteiger partial charge in [-0.2, -0.15) is 0 Å². The number of piperidine rings is 1. The molecule has 3 heterocycles. The highest BCUT2D eigenvalue weighted by molar-refractivity contribution is 6.20. The van der Waals surface area contributed by atoms with E-state index >= 15 is 0 Å². The molecule has 0 unspecified atom stereocenters. The number of nitrogens with zero attached hydrogens (tertiary/aromatic N) is 4. The van der Waals surface area contributed by atoms with Crippen LogP contribution in [0.15, 0.2) is 83.9 Å².